The highest BCUT2D eigenvalue weighted by Crippen LogP contribution is 2.21. The second-order valence-corrected chi connectivity index (χ2v) is 3.86. The van der Waals surface area contributed by atoms with Crippen molar-refractivity contribution in [3.8, 4) is 5.75 Å². The Morgan fingerprint density at radius 3 is 2.56 bits per heavy atom. The fourth-order valence-electron chi connectivity index (χ4n) is 1.45. The van der Waals surface area contributed by atoms with E-state index in [1.165, 1.54) is 6.07 Å². The number of methoxy groups -OCH3 is 1. The molecule has 2 atom stereocenters. The molecule has 3 nitrogen and oxygen atoms in total. The zero-order valence-electron chi connectivity index (χ0n) is 9.87. The zero-order valence-corrected chi connectivity index (χ0v) is 9.87. The summed E-state index contributed by atoms with van der Waals surface area (Å²) in [6.45, 7) is 4.07. The van der Waals surface area contributed by atoms with Crippen LogP contribution in [-0.2, 0) is 4.74 Å². The molecule has 0 aliphatic rings. The van der Waals surface area contributed by atoms with Gasteiger partial charge in [-0.25, -0.2) is 4.39 Å². The maximum absolute atomic E-state index is 13.5. The van der Waals surface area contributed by atoms with Gasteiger partial charge in [0.1, 0.15) is 17.7 Å². The second-order valence-electron chi connectivity index (χ2n) is 3.86. The van der Waals surface area contributed by atoms with E-state index in [1.807, 2.05) is 6.92 Å². The molecule has 1 aromatic carbocycles. The van der Waals surface area contributed by atoms with E-state index in [2.05, 4.69) is 0 Å². The van der Waals surface area contributed by atoms with Gasteiger partial charge in [0, 0.05) is 24.8 Å². The van der Waals surface area contributed by atoms with Crippen molar-refractivity contribution in [1.82, 2.24) is 0 Å². The summed E-state index contributed by atoms with van der Waals surface area (Å²) in [6.07, 6.45) is -0.106. The Morgan fingerprint density at radius 1 is 1.38 bits per heavy atom. The van der Waals surface area contributed by atoms with Crippen molar-refractivity contribution >= 4 is 0 Å². The minimum Gasteiger partial charge on any atom is -0.488 e. The predicted octanol–water partition coefficient (Wildman–Crippen LogP) is 2.26. The van der Waals surface area contributed by atoms with Gasteiger partial charge in [0.25, 0.3) is 0 Å². The Balaban J connectivity index is 2.73. The van der Waals surface area contributed by atoms with Crippen molar-refractivity contribution in [2.75, 3.05) is 13.7 Å². The Kier molecular flexibility index (Phi) is 4.71. The largest absolute Gasteiger partial charge is 0.488 e. The monoisotopic (exact) mass is 227 g/mol. The molecule has 2 unspecified atom stereocenters. The summed E-state index contributed by atoms with van der Waals surface area (Å²) >= 11 is 0. The van der Waals surface area contributed by atoms with Crippen LogP contribution in [0.4, 0.5) is 4.39 Å². The van der Waals surface area contributed by atoms with Gasteiger partial charge >= 0.3 is 0 Å². The van der Waals surface area contributed by atoms with Crippen LogP contribution in [0.3, 0.4) is 0 Å². The van der Waals surface area contributed by atoms with E-state index in [4.69, 9.17) is 15.2 Å². The first-order valence-corrected chi connectivity index (χ1v) is 5.25. The summed E-state index contributed by atoms with van der Waals surface area (Å²) in [5, 5.41) is 0. The van der Waals surface area contributed by atoms with Gasteiger partial charge in [-0.2, -0.15) is 0 Å². The van der Waals surface area contributed by atoms with Crippen molar-refractivity contribution < 1.29 is 13.9 Å². The number of benzene rings is 1. The van der Waals surface area contributed by atoms with E-state index in [1.54, 1.807) is 26.2 Å². The highest BCUT2D eigenvalue weighted by Gasteiger charge is 2.09. The number of rotatable bonds is 5. The Bertz CT molecular complexity index is 342. The first kappa shape index (κ1) is 12.9. The molecule has 0 spiro atoms. The topological polar surface area (TPSA) is 44.5 Å². The average Bonchev–Trinajstić information content (AvgIpc) is 2.17. The average molecular weight is 227 g/mol. The van der Waals surface area contributed by atoms with Gasteiger partial charge in [-0.05, 0) is 19.9 Å². The normalized spacial score (nSPS) is 14.6. The molecular formula is C12H18FNO2. The maximum Gasteiger partial charge on any atom is 0.131 e. The van der Waals surface area contributed by atoms with Crippen LogP contribution in [0.5, 0.6) is 5.75 Å². The first-order valence-electron chi connectivity index (χ1n) is 5.25. The number of nitrogens with two attached hydrogens (primary N) is 1. The molecule has 0 radical (unpaired) electrons. The molecule has 1 rings (SSSR count). The third-order valence-electron chi connectivity index (χ3n) is 2.20. The van der Waals surface area contributed by atoms with Gasteiger partial charge in [0.2, 0.25) is 0 Å². The molecule has 0 saturated heterocycles. The van der Waals surface area contributed by atoms with Crippen LogP contribution >= 0.6 is 0 Å². The van der Waals surface area contributed by atoms with Crippen LogP contribution in [0.2, 0.25) is 0 Å². The standard InChI is InChI=1S/C12H18FNO2/c1-8(7-15-3)16-10-4-5-11(9(2)14)12(13)6-10/h4-6,8-9H,7,14H2,1-3H3. The van der Waals surface area contributed by atoms with Gasteiger partial charge in [-0.1, -0.05) is 6.07 Å². The van der Waals surface area contributed by atoms with Crippen LogP contribution in [0, 0.1) is 5.82 Å². The van der Waals surface area contributed by atoms with Crippen LogP contribution in [0.1, 0.15) is 25.5 Å². The van der Waals surface area contributed by atoms with Crippen LogP contribution < -0.4 is 10.5 Å². The minimum absolute atomic E-state index is 0.106. The molecule has 0 heterocycles. The maximum atomic E-state index is 13.5. The number of ether oxygens (including phenoxy) is 2. The van der Waals surface area contributed by atoms with Gasteiger partial charge in [0.05, 0.1) is 6.61 Å². The van der Waals surface area contributed by atoms with E-state index < -0.39 is 0 Å². The summed E-state index contributed by atoms with van der Waals surface area (Å²) in [5.41, 5.74) is 6.11. The Morgan fingerprint density at radius 2 is 2.06 bits per heavy atom. The quantitative estimate of drug-likeness (QED) is 0.839. The molecule has 1 aromatic rings. The molecule has 4 heteroatoms. The fraction of sp³-hybridized carbons (Fsp3) is 0.500. The van der Waals surface area contributed by atoms with Crippen molar-refractivity contribution in [3.63, 3.8) is 0 Å². The molecule has 2 N–H and O–H groups in total. The zero-order chi connectivity index (χ0) is 12.1. The van der Waals surface area contributed by atoms with E-state index in [0.717, 1.165) is 0 Å². The SMILES string of the molecule is COCC(C)Oc1ccc(C(C)N)c(F)c1. The lowest BCUT2D eigenvalue weighted by atomic mass is 10.1. The van der Waals surface area contributed by atoms with Crippen LogP contribution in [0.25, 0.3) is 0 Å². The van der Waals surface area contributed by atoms with Crippen molar-refractivity contribution in [2.45, 2.75) is 26.0 Å². The number of hydrogen-bond acceptors (Lipinski definition) is 3. The first-order chi connectivity index (χ1) is 7.54. The molecule has 16 heavy (non-hydrogen) atoms. The number of hydrogen-bond donors (Lipinski definition) is 1. The van der Waals surface area contributed by atoms with Gasteiger partial charge in [-0.3, -0.25) is 0 Å². The third-order valence-corrected chi connectivity index (χ3v) is 2.20. The summed E-state index contributed by atoms with van der Waals surface area (Å²) in [6, 6.07) is 4.40. The molecule has 0 amide bonds. The molecule has 0 aromatic heterocycles. The van der Waals surface area contributed by atoms with Crippen molar-refractivity contribution in [1.29, 1.82) is 0 Å². The summed E-state index contributed by atoms with van der Waals surface area (Å²) in [5.74, 6) is 0.156. The molecular weight excluding hydrogens is 209 g/mol. The van der Waals surface area contributed by atoms with E-state index in [9.17, 15) is 4.39 Å². The number of halogens is 1. The second kappa shape index (κ2) is 5.82. The highest BCUT2D eigenvalue weighted by molar-refractivity contribution is 5.30. The molecule has 0 fully saturated rings. The Labute approximate surface area is 95.4 Å². The molecule has 0 aliphatic heterocycles. The lowest BCUT2D eigenvalue weighted by Crippen LogP contribution is -2.18. The molecule has 0 aliphatic carbocycles. The van der Waals surface area contributed by atoms with E-state index in [-0.39, 0.29) is 18.0 Å². The fourth-order valence-corrected chi connectivity index (χ4v) is 1.45. The summed E-state index contributed by atoms with van der Waals surface area (Å²) < 4.78 is 23.9. The van der Waals surface area contributed by atoms with E-state index >= 15 is 0 Å². The summed E-state index contributed by atoms with van der Waals surface area (Å²) in [7, 11) is 1.60. The minimum atomic E-state index is -0.336. The molecule has 0 bridgehead atoms. The Hall–Kier alpha value is -1.13. The third kappa shape index (κ3) is 3.47. The van der Waals surface area contributed by atoms with Gasteiger partial charge in [-0.15, -0.1) is 0 Å². The van der Waals surface area contributed by atoms with Crippen molar-refractivity contribution in [3.05, 3.63) is 29.6 Å². The molecule has 0 saturated carbocycles. The van der Waals surface area contributed by atoms with Crippen LogP contribution in [0.15, 0.2) is 18.2 Å². The highest BCUT2D eigenvalue weighted by atomic mass is 19.1. The predicted molar refractivity (Wildman–Crippen MR) is 61.0 cm³/mol. The smallest absolute Gasteiger partial charge is 0.131 e. The van der Waals surface area contributed by atoms with Crippen molar-refractivity contribution in [2.24, 2.45) is 5.73 Å². The summed E-state index contributed by atoms with van der Waals surface area (Å²) in [4.78, 5) is 0. The lowest BCUT2D eigenvalue weighted by Gasteiger charge is -2.15. The van der Waals surface area contributed by atoms with Crippen LogP contribution in [-0.4, -0.2) is 19.8 Å². The lowest BCUT2D eigenvalue weighted by molar-refractivity contribution is 0.0918. The van der Waals surface area contributed by atoms with E-state index in [0.29, 0.717) is 17.9 Å². The van der Waals surface area contributed by atoms with Gasteiger partial charge < -0.3 is 15.2 Å². The van der Waals surface area contributed by atoms with Gasteiger partial charge in [0.15, 0.2) is 0 Å². The molecule has 90 valence electrons.